The van der Waals surface area contributed by atoms with Crippen LogP contribution in [0.3, 0.4) is 0 Å². The van der Waals surface area contributed by atoms with Gasteiger partial charge < -0.3 is 14.8 Å². The molecule has 9 nitrogen and oxygen atoms in total. The molecule has 0 aliphatic rings. The number of rotatable bonds is 6. The summed E-state index contributed by atoms with van der Waals surface area (Å²) < 4.78 is 31.0. The molecule has 2 N–H and O–H groups in total. The molecule has 1 aromatic heterocycles. The van der Waals surface area contributed by atoms with Gasteiger partial charge in [0.2, 0.25) is 0 Å². The van der Waals surface area contributed by atoms with E-state index in [1.807, 2.05) is 0 Å². The topological polar surface area (TPSA) is 117 Å². The summed E-state index contributed by atoms with van der Waals surface area (Å²) in [6.07, 6.45) is 0. The molecule has 136 valence electrons. The Kier molecular flexibility index (Phi) is 5.21. The molecule has 0 amide bonds. The Hall–Kier alpha value is -2.75. The summed E-state index contributed by atoms with van der Waals surface area (Å²) in [6.45, 7) is -0.345. The van der Waals surface area contributed by atoms with Gasteiger partial charge in [-0.25, -0.2) is 4.79 Å². The predicted molar refractivity (Wildman–Crippen MR) is 95.5 cm³/mol. The Labute approximate surface area is 145 Å². The van der Waals surface area contributed by atoms with E-state index in [0.29, 0.717) is 0 Å². The van der Waals surface area contributed by atoms with Crippen LogP contribution in [0.2, 0.25) is 0 Å². The van der Waals surface area contributed by atoms with Crippen LogP contribution in [-0.2, 0) is 23.7 Å². The number of hydrogen-bond acceptors (Lipinski definition) is 7. The number of hydrogen-bond donors (Lipinski definition) is 1. The van der Waals surface area contributed by atoms with E-state index in [0.717, 1.165) is 9.13 Å². The molecular weight excluding hydrogens is 348 g/mol. The maximum Gasteiger partial charge on any atom is 0.332 e. The lowest BCUT2D eigenvalue weighted by Gasteiger charge is -2.18. The van der Waals surface area contributed by atoms with Crippen molar-refractivity contribution in [3.05, 3.63) is 51.2 Å². The highest BCUT2D eigenvalue weighted by Gasteiger charge is 2.20. The van der Waals surface area contributed by atoms with Crippen LogP contribution in [0.5, 0.6) is 5.75 Å². The summed E-state index contributed by atoms with van der Waals surface area (Å²) in [5, 5.41) is 0. The average molecular weight is 368 g/mol. The predicted octanol–water partition coefficient (Wildman–Crippen LogP) is -0.396. The third kappa shape index (κ3) is 4.02. The van der Waals surface area contributed by atoms with Crippen LogP contribution < -0.4 is 26.1 Å². The van der Waals surface area contributed by atoms with Crippen molar-refractivity contribution in [2.45, 2.75) is 6.54 Å². The van der Waals surface area contributed by atoms with Crippen molar-refractivity contribution < 1.29 is 12.6 Å². The zero-order valence-corrected chi connectivity index (χ0v) is 15.0. The molecule has 1 heterocycles. The summed E-state index contributed by atoms with van der Waals surface area (Å²) >= 11 is 0. The fourth-order valence-electron chi connectivity index (χ4n) is 2.25. The quantitative estimate of drug-likeness (QED) is 0.690. The zero-order valence-electron chi connectivity index (χ0n) is 14.2. The monoisotopic (exact) mass is 368 g/mol. The minimum Gasteiger partial charge on any atom is -0.383 e. The molecule has 0 spiro atoms. The SMILES string of the molecule is CN(C)c1c(N)n(C)c(=O)n(CCS(=O)(=O)Oc2ccccc2)c1=O. The Bertz CT molecular complexity index is 977. The molecule has 10 heteroatoms. The van der Waals surface area contributed by atoms with Gasteiger partial charge in [0.15, 0.2) is 0 Å². The van der Waals surface area contributed by atoms with Crippen molar-refractivity contribution in [1.29, 1.82) is 0 Å². The molecule has 2 rings (SSSR count). The molecule has 0 aliphatic carbocycles. The number of para-hydroxylation sites is 1. The fourth-order valence-corrected chi connectivity index (χ4v) is 3.15. The summed E-state index contributed by atoms with van der Waals surface area (Å²) in [7, 11) is 0.654. The lowest BCUT2D eigenvalue weighted by atomic mass is 10.3. The molecule has 0 unspecified atom stereocenters. The van der Waals surface area contributed by atoms with Gasteiger partial charge in [0.25, 0.3) is 5.56 Å². The lowest BCUT2D eigenvalue weighted by molar-refractivity contribution is 0.478. The van der Waals surface area contributed by atoms with E-state index in [1.165, 1.54) is 24.1 Å². The summed E-state index contributed by atoms with van der Waals surface area (Å²) in [5.74, 6) is -0.359. The molecule has 0 atom stereocenters. The zero-order chi connectivity index (χ0) is 18.8. The Morgan fingerprint density at radius 3 is 2.32 bits per heavy atom. The van der Waals surface area contributed by atoms with Gasteiger partial charge >= 0.3 is 15.8 Å². The molecule has 2 aromatic rings. The number of benzene rings is 1. The van der Waals surface area contributed by atoms with Crippen molar-refractivity contribution in [2.24, 2.45) is 7.05 Å². The van der Waals surface area contributed by atoms with E-state index < -0.39 is 27.1 Å². The van der Waals surface area contributed by atoms with Crippen LogP contribution >= 0.6 is 0 Å². The van der Waals surface area contributed by atoms with Crippen molar-refractivity contribution >= 4 is 21.6 Å². The van der Waals surface area contributed by atoms with E-state index >= 15 is 0 Å². The second kappa shape index (κ2) is 7.01. The van der Waals surface area contributed by atoms with E-state index in [4.69, 9.17) is 9.92 Å². The minimum atomic E-state index is -3.98. The number of nitrogens with two attached hydrogens (primary N) is 1. The van der Waals surface area contributed by atoms with E-state index in [2.05, 4.69) is 0 Å². The largest absolute Gasteiger partial charge is 0.383 e. The smallest absolute Gasteiger partial charge is 0.332 e. The Balaban J connectivity index is 2.32. The Morgan fingerprint density at radius 1 is 1.16 bits per heavy atom. The number of nitrogens with zero attached hydrogens (tertiary/aromatic N) is 3. The van der Waals surface area contributed by atoms with Gasteiger partial charge in [-0.05, 0) is 12.1 Å². The van der Waals surface area contributed by atoms with E-state index in [-0.39, 0.29) is 23.8 Å². The van der Waals surface area contributed by atoms with Crippen LogP contribution in [0.25, 0.3) is 0 Å². The molecular formula is C15H20N4O5S. The standard InChI is InChI=1S/C15H20N4O5S/c1-17(2)12-13(16)18(3)15(21)19(14(12)20)9-10-25(22,23)24-11-7-5-4-6-8-11/h4-8H,9-10,16H2,1-3H3. The van der Waals surface area contributed by atoms with Gasteiger partial charge in [0, 0.05) is 27.7 Å². The first-order chi connectivity index (χ1) is 11.6. The summed E-state index contributed by atoms with van der Waals surface area (Å²) in [5.41, 5.74) is 4.57. The molecule has 0 saturated carbocycles. The van der Waals surface area contributed by atoms with E-state index in [1.54, 1.807) is 32.3 Å². The second-order valence-corrected chi connectivity index (χ2v) is 7.28. The third-order valence-electron chi connectivity index (χ3n) is 3.55. The van der Waals surface area contributed by atoms with Gasteiger partial charge in [0.1, 0.15) is 23.0 Å². The lowest BCUT2D eigenvalue weighted by Crippen LogP contribution is -2.43. The molecule has 0 aliphatic heterocycles. The first kappa shape index (κ1) is 18.6. The number of aromatic nitrogens is 2. The van der Waals surface area contributed by atoms with Crippen molar-refractivity contribution in [1.82, 2.24) is 9.13 Å². The van der Waals surface area contributed by atoms with Crippen LogP contribution in [0.1, 0.15) is 0 Å². The van der Waals surface area contributed by atoms with Crippen LogP contribution in [0, 0.1) is 0 Å². The van der Waals surface area contributed by atoms with E-state index in [9.17, 15) is 18.0 Å². The normalized spacial score (nSPS) is 11.3. The summed E-state index contributed by atoms with van der Waals surface area (Å²) in [6, 6.07) is 7.98. The molecule has 0 saturated heterocycles. The van der Waals surface area contributed by atoms with Crippen molar-refractivity contribution in [2.75, 3.05) is 30.5 Å². The maximum absolute atomic E-state index is 12.5. The number of nitrogen functional groups attached to an aromatic ring is 1. The van der Waals surface area contributed by atoms with Gasteiger partial charge in [-0.3, -0.25) is 13.9 Å². The van der Waals surface area contributed by atoms with Crippen LogP contribution in [0.4, 0.5) is 11.5 Å². The van der Waals surface area contributed by atoms with Crippen molar-refractivity contribution in [3.8, 4) is 5.75 Å². The minimum absolute atomic E-state index is 0.0136. The number of anilines is 2. The van der Waals surface area contributed by atoms with Crippen LogP contribution in [-0.4, -0.2) is 37.4 Å². The van der Waals surface area contributed by atoms with Gasteiger partial charge in [-0.1, -0.05) is 18.2 Å². The van der Waals surface area contributed by atoms with Gasteiger partial charge in [0.05, 0.1) is 0 Å². The second-order valence-electron chi connectivity index (χ2n) is 5.58. The fraction of sp³-hybridized carbons (Fsp3) is 0.333. The highest BCUT2D eigenvalue weighted by atomic mass is 32.2. The highest BCUT2D eigenvalue weighted by molar-refractivity contribution is 7.87. The first-order valence-electron chi connectivity index (χ1n) is 7.38. The summed E-state index contributed by atoms with van der Waals surface area (Å²) in [4.78, 5) is 26.2. The van der Waals surface area contributed by atoms with Gasteiger partial charge in [-0.15, -0.1) is 0 Å². The molecule has 0 fully saturated rings. The van der Waals surface area contributed by atoms with Crippen molar-refractivity contribution in [3.63, 3.8) is 0 Å². The molecule has 1 aromatic carbocycles. The molecule has 0 bridgehead atoms. The maximum atomic E-state index is 12.5. The highest BCUT2D eigenvalue weighted by Crippen LogP contribution is 2.13. The third-order valence-corrected chi connectivity index (χ3v) is 4.68. The van der Waals surface area contributed by atoms with Crippen LogP contribution in [0.15, 0.2) is 39.9 Å². The first-order valence-corrected chi connectivity index (χ1v) is 8.95. The molecule has 25 heavy (non-hydrogen) atoms. The molecule has 0 radical (unpaired) electrons. The average Bonchev–Trinajstić information content (AvgIpc) is 2.53. The van der Waals surface area contributed by atoms with Gasteiger partial charge in [-0.2, -0.15) is 8.42 Å². The Morgan fingerprint density at radius 2 is 1.76 bits per heavy atom.